The van der Waals surface area contributed by atoms with Crippen LogP contribution in [0.15, 0.2) is 0 Å². The molecule has 0 aromatic carbocycles. The van der Waals surface area contributed by atoms with Crippen LogP contribution < -0.4 is 0 Å². The summed E-state index contributed by atoms with van der Waals surface area (Å²) in [5, 5.41) is 33.8. The zero-order valence-corrected chi connectivity index (χ0v) is 15.3. The molecule has 17 heteroatoms. The van der Waals surface area contributed by atoms with E-state index in [9.17, 15) is 12.9 Å². The Bertz CT molecular complexity index is 184. The summed E-state index contributed by atoms with van der Waals surface area (Å²) < 4.78 is 33.8. The SMILES string of the molecule is CCOCC.FB(F)F.O=[C-]O.O=[C-]O.O=[C-]O.O=[C-]O.O=[C-]O.[Al+3].[Ni+2]. The molecule has 0 aliphatic heterocycles. The standard InChI is InChI=1S/C4H10O.5CHO2.Al.BF3.Ni/c1-3-5-4-2;5*2-1-3;;2-1(3)4;/h3-4H2,1-2H3;5*(H,2,3);;;/q;5*-1;+3;;+2. The molecular formula is C9H15AlBF3NiO11. The van der Waals surface area contributed by atoms with Crippen molar-refractivity contribution in [2.75, 3.05) is 13.2 Å². The summed E-state index contributed by atoms with van der Waals surface area (Å²) in [6.45, 7) is 8.17. The minimum Gasteiger partial charge on any atom is -0.665 e. The molecule has 0 spiro atoms. The van der Waals surface area contributed by atoms with Crippen LogP contribution in [0, 0.1) is 0 Å². The molecule has 0 radical (unpaired) electrons. The van der Waals surface area contributed by atoms with E-state index in [0.717, 1.165) is 13.2 Å². The zero-order chi connectivity index (χ0) is 21.2. The van der Waals surface area contributed by atoms with Crippen molar-refractivity contribution in [1.82, 2.24) is 0 Å². The fourth-order valence-electron chi connectivity index (χ4n) is 0.204. The van der Waals surface area contributed by atoms with Crippen molar-refractivity contribution < 1.29 is 83.7 Å². The van der Waals surface area contributed by atoms with Gasteiger partial charge in [0.15, 0.2) is 0 Å². The fraction of sp³-hybridized carbons (Fsp3) is 0.444. The number of aliphatic hydroxyl groups excluding tert-OH is 5. The molecule has 0 amide bonds. The Morgan fingerprint density at radius 2 is 0.769 bits per heavy atom. The first-order chi connectivity index (χ1) is 11.2. The summed E-state index contributed by atoms with van der Waals surface area (Å²) in [6.07, 6.45) is 0. The van der Waals surface area contributed by atoms with Gasteiger partial charge in [0.05, 0.1) is 0 Å². The summed E-state index contributed by atoms with van der Waals surface area (Å²) in [7, 11) is -3.67. The van der Waals surface area contributed by atoms with E-state index in [1.165, 1.54) is 0 Å². The number of halogens is 3. The molecule has 0 rings (SSSR count). The van der Waals surface area contributed by atoms with Crippen molar-refractivity contribution >= 4 is 57.3 Å². The first-order valence-corrected chi connectivity index (χ1v) is 4.78. The molecule has 0 heterocycles. The summed E-state index contributed by atoms with van der Waals surface area (Å²) in [4.78, 5) is 41.2. The summed E-state index contributed by atoms with van der Waals surface area (Å²) >= 11 is 0. The Morgan fingerprint density at radius 1 is 0.692 bits per heavy atom. The molecule has 11 nitrogen and oxygen atoms in total. The van der Waals surface area contributed by atoms with Gasteiger partial charge in [0.2, 0.25) is 0 Å². The Labute approximate surface area is 168 Å². The van der Waals surface area contributed by atoms with Crippen molar-refractivity contribution in [2.45, 2.75) is 13.8 Å². The van der Waals surface area contributed by atoms with Crippen LogP contribution in [0.3, 0.4) is 0 Å². The largest absolute Gasteiger partial charge is 3.00 e. The Balaban J connectivity index is -0.0000000185. The molecular weight excluding hydrogens is 438 g/mol. The van der Waals surface area contributed by atoms with Crippen molar-refractivity contribution in [2.24, 2.45) is 0 Å². The quantitative estimate of drug-likeness (QED) is 0.270. The van der Waals surface area contributed by atoms with Crippen LogP contribution >= 0.6 is 0 Å². The third-order valence-corrected chi connectivity index (χ3v) is 0.408. The van der Waals surface area contributed by atoms with Gasteiger partial charge in [-0.05, 0) is 13.8 Å². The van der Waals surface area contributed by atoms with E-state index in [0.29, 0.717) is 32.4 Å². The predicted molar refractivity (Wildman–Crippen MR) is 78.6 cm³/mol. The normalized spacial score (nSPS) is 4.96. The first kappa shape index (κ1) is 56.4. The second kappa shape index (κ2) is 135. The van der Waals surface area contributed by atoms with Gasteiger partial charge in [0.1, 0.15) is 0 Å². The van der Waals surface area contributed by atoms with Crippen LogP contribution in [0.4, 0.5) is 12.9 Å². The zero-order valence-electron chi connectivity index (χ0n) is 13.2. The van der Waals surface area contributed by atoms with E-state index in [1.807, 2.05) is 13.8 Å². The van der Waals surface area contributed by atoms with Gasteiger partial charge < -0.3 is 54.2 Å². The molecule has 0 bridgehead atoms. The topological polar surface area (TPSA) is 196 Å². The summed E-state index contributed by atoms with van der Waals surface area (Å²) in [5.41, 5.74) is 0. The van der Waals surface area contributed by atoms with E-state index in [-0.39, 0.29) is 33.9 Å². The first-order valence-electron chi connectivity index (χ1n) is 4.78. The summed E-state index contributed by atoms with van der Waals surface area (Å²) in [6, 6.07) is 0. The second-order valence-corrected chi connectivity index (χ2v) is 1.49. The van der Waals surface area contributed by atoms with Gasteiger partial charge >= 0.3 is 41.4 Å². The molecule has 0 atom stereocenters. The maximum Gasteiger partial charge on any atom is 3.00 e. The minimum atomic E-state index is -3.67. The molecule has 0 saturated heterocycles. The molecule has 154 valence electrons. The number of hydrogen-bond donors (Lipinski definition) is 5. The van der Waals surface area contributed by atoms with Gasteiger partial charge in [-0.25, -0.2) is 0 Å². The molecule has 0 fully saturated rings. The maximum atomic E-state index is 9.67. The fourth-order valence-corrected chi connectivity index (χ4v) is 0.204. The number of ether oxygens (including phenoxy) is 1. The van der Waals surface area contributed by atoms with E-state index >= 15 is 0 Å². The average Bonchev–Trinajstić information content (AvgIpc) is 2.43. The van der Waals surface area contributed by atoms with Gasteiger partial charge in [0, 0.05) is 13.2 Å². The van der Waals surface area contributed by atoms with Gasteiger partial charge in [-0.2, -0.15) is 0 Å². The van der Waals surface area contributed by atoms with E-state index in [4.69, 9.17) is 54.2 Å². The molecule has 0 unspecified atom stereocenters. The predicted octanol–water partition coefficient (Wildman–Crippen LogP) is -0.403. The van der Waals surface area contributed by atoms with Crippen molar-refractivity contribution in [3.8, 4) is 0 Å². The summed E-state index contributed by atoms with van der Waals surface area (Å²) in [5.74, 6) is 0. The van der Waals surface area contributed by atoms with Gasteiger partial charge in [-0.3, -0.25) is 12.9 Å². The van der Waals surface area contributed by atoms with Crippen LogP contribution in [-0.2, 0) is 45.2 Å². The number of hydrogen-bond acceptors (Lipinski definition) is 6. The third kappa shape index (κ3) is 273000. The third-order valence-electron chi connectivity index (χ3n) is 0.408. The smallest absolute Gasteiger partial charge is 0.665 e. The Kier molecular flexibility index (Phi) is 293. The Hall–Kier alpha value is -1.81. The van der Waals surface area contributed by atoms with Crippen LogP contribution in [0.1, 0.15) is 13.8 Å². The molecule has 5 N–H and O–H groups in total. The van der Waals surface area contributed by atoms with Crippen LogP contribution in [0.2, 0.25) is 0 Å². The minimum absolute atomic E-state index is 0. The van der Waals surface area contributed by atoms with Crippen molar-refractivity contribution in [3.05, 3.63) is 0 Å². The van der Waals surface area contributed by atoms with Crippen LogP contribution in [0.25, 0.3) is 0 Å². The van der Waals surface area contributed by atoms with Crippen LogP contribution in [-0.4, -0.2) is 96.0 Å². The maximum absolute atomic E-state index is 9.67. The van der Waals surface area contributed by atoms with Gasteiger partial charge in [0.25, 0.3) is 0 Å². The van der Waals surface area contributed by atoms with Crippen molar-refractivity contribution in [1.29, 1.82) is 0 Å². The second-order valence-electron chi connectivity index (χ2n) is 1.49. The molecule has 26 heavy (non-hydrogen) atoms. The molecule has 0 aromatic heterocycles. The van der Waals surface area contributed by atoms with Gasteiger partial charge in [-0.15, -0.1) is 0 Å². The Morgan fingerprint density at radius 3 is 0.769 bits per heavy atom. The van der Waals surface area contributed by atoms with Gasteiger partial charge in [-0.1, -0.05) is 32.4 Å². The average molecular weight is 453 g/mol. The van der Waals surface area contributed by atoms with E-state index in [1.54, 1.807) is 0 Å². The molecule has 0 aliphatic rings. The van der Waals surface area contributed by atoms with Crippen LogP contribution in [0.5, 0.6) is 0 Å². The monoisotopic (exact) mass is 452 g/mol. The molecule has 0 saturated carbocycles. The van der Waals surface area contributed by atoms with Crippen molar-refractivity contribution in [3.63, 3.8) is 0 Å². The molecule has 0 aromatic rings. The van der Waals surface area contributed by atoms with E-state index < -0.39 is 7.54 Å². The van der Waals surface area contributed by atoms with E-state index in [2.05, 4.69) is 0 Å². The number of rotatable bonds is 2. The molecule has 0 aliphatic carbocycles.